The lowest BCUT2D eigenvalue weighted by molar-refractivity contribution is -0.118. The lowest BCUT2D eigenvalue weighted by Gasteiger charge is -2.16. The molecular weight excluding hydrogens is 322 g/mol. The maximum Gasteiger partial charge on any atom is 0.253 e. The van der Waals surface area contributed by atoms with E-state index in [-0.39, 0.29) is 11.3 Å². The Morgan fingerprint density at radius 2 is 2.08 bits per heavy atom. The quantitative estimate of drug-likeness (QED) is 0.696. The molecule has 1 aliphatic rings. The van der Waals surface area contributed by atoms with Crippen LogP contribution in [0.15, 0.2) is 53.9 Å². The van der Waals surface area contributed by atoms with Gasteiger partial charge in [0.1, 0.15) is 0 Å². The molecule has 24 heavy (non-hydrogen) atoms. The fourth-order valence-corrected chi connectivity index (χ4v) is 3.39. The number of aromatic nitrogens is 4. The average Bonchev–Trinajstić information content (AvgIpc) is 3.30. The molecule has 3 aromatic rings. The summed E-state index contributed by atoms with van der Waals surface area (Å²) in [6.07, 6.45) is 5.72. The van der Waals surface area contributed by atoms with Crippen molar-refractivity contribution in [2.75, 3.05) is 12.3 Å². The van der Waals surface area contributed by atoms with E-state index in [0.29, 0.717) is 23.2 Å². The summed E-state index contributed by atoms with van der Waals surface area (Å²) in [6.45, 7) is 0.691. The molecule has 0 saturated heterocycles. The maximum absolute atomic E-state index is 12.1. The molecule has 0 aliphatic heterocycles. The van der Waals surface area contributed by atoms with Crippen molar-refractivity contribution < 1.29 is 4.79 Å². The maximum atomic E-state index is 12.1. The van der Waals surface area contributed by atoms with Gasteiger partial charge in [0.05, 0.1) is 5.75 Å². The van der Waals surface area contributed by atoms with Crippen LogP contribution in [0.4, 0.5) is 0 Å². The third-order valence-corrected chi connectivity index (χ3v) is 5.13. The summed E-state index contributed by atoms with van der Waals surface area (Å²) in [6, 6.07) is 12.2. The Kier molecular flexibility index (Phi) is 3.93. The molecule has 122 valence electrons. The van der Waals surface area contributed by atoms with Crippen molar-refractivity contribution in [1.29, 1.82) is 0 Å². The first kappa shape index (κ1) is 15.1. The Morgan fingerprint density at radius 1 is 1.25 bits per heavy atom. The number of nitrogens with one attached hydrogen (secondary N) is 1. The van der Waals surface area contributed by atoms with Crippen LogP contribution in [-0.4, -0.2) is 37.8 Å². The summed E-state index contributed by atoms with van der Waals surface area (Å²) in [5, 5.41) is 7.89. The topological polar surface area (TPSA) is 72.2 Å². The monoisotopic (exact) mass is 339 g/mol. The fraction of sp³-hybridized carbons (Fsp3) is 0.294. The Balaban J connectivity index is 1.31. The van der Waals surface area contributed by atoms with E-state index in [1.54, 1.807) is 23.0 Å². The highest BCUT2D eigenvalue weighted by Gasteiger charge is 2.44. The largest absolute Gasteiger partial charge is 0.354 e. The highest BCUT2D eigenvalue weighted by molar-refractivity contribution is 7.99. The SMILES string of the molecule is O=C(CSc1nc2ncccn2n1)NCC1(c2ccccc2)CC1. The minimum absolute atomic E-state index is 0.00835. The van der Waals surface area contributed by atoms with E-state index in [1.165, 1.54) is 17.3 Å². The molecule has 7 heteroatoms. The predicted molar refractivity (Wildman–Crippen MR) is 91.9 cm³/mol. The lowest BCUT2D eigenvalue weighted by atomic mass is 9.96. The second-order valence-electron chi connectivity index (χ2n) is 5.97. The molecule has 0 radical (unpaired) electrons. The molecule has 2 aromatic heterocycles. The highest BCUT2D eigenvalue weighted by Crippen LogP contribution is 2.47. The van der Waals surface area contributed by atoms with Gasteiger partial charge in [-0.15, -0.1) is 5.10 Å². The van der Waals surface area contributed by atoms with E-state index >= 15 is 0 Å². The van der Waals surface area contributed by atoms with E-state index in [2.05, 4.69) is 44.6 Å². The zero-order chi connectivity index (χ0) is 16.4. The molecule has 1 saturated carbocycles. The molecule has 4 rings (SSSR count). The molecule has 0 spiro atoms. The predicted octanol–water partition coefficient (Wildman–Crippen LogP) is 2.06. The van der Waals surface area contributed by atoms with Crippen molar-refractivity contribution in [1.82, 2.24) is 24.9 Å². The zero-order valence-corrected chi connectivity index (χ0v) is 13.9. The number of benzene rings is 1. The fourth-order valence-electron chi connectivity index (χ4n) is 2.73. The van der Waals surface area contributed by atoms with Crippen molar-refractivity contribution in [2.24, 2.45) is 0 Å². The van der Waals surface area contributed by atoms with E-state index < -0.39 is 0 Å². The number of thioether (sulfide) groups is 1. The number of rotatable bonds is 6. The van der Waals surface area contributed by atoms with Crippen molar-refractivity contribution in [3.63, 3.8) is 0 Å². The van der Waals surface area contributed by atoms with E-state index in [0.717, 1.165) is 12.8 Å². The zero-order valence-electron chi connectivity index (χ0n) is 13.1. The van der Waals surface area contributed by atoms with Crippen LogP contribution < -0.4 is 5.32 Å². The first-order valence-electron chi connectivity index (χ1n) is 7.88. The van der Waals surface area contributed by atoms with E-state index in [1.807, 2.05) is 6.07 Å². The van der Waals surface area contributed by atoms with Crippen molar-refractivity contribution in [3.8, 4) is 0 Å². The smallest absolute Gasteiger partial charge is 0.253 e. The van der Waals surface area contributed by atoms with Gasteiger partial charge >= 0.3 is 0 Å². The summed E-state index contributed by atoms with van der Waals surface area (Å²) in [5.41, 5.74) is 1.44. The Bertz CT molecular complexity index is 827. The summed E-state index contributed by atoms with van der Waals surface area (Å²) in [7, 11) is 0. The molecule has 6 nitrogen and oxygen atoms in total. The Morgan fingerprint density at radius 3 is 2.83 bits per heavy atom. The number of carbonyl (C=O) groups is 1. The third kappa shape index (κ3) is 3.12. The van der Waals surface area contributed by atoms with Gasteiger partial charge in [-0.25, -0.2) is 9.50 Å². The van der Waals surface area contributed by atoms with Gasteiger partial charge in [0.2, 0.25) is 11.1 Å². The summed E-state index contributed by atoms with van der Waals surface area (Å²) >= 11 is 1.33. The highest BCUT2D eigenvalue weighted by atomic mass is 32.2. The van der Waals surface area contributed by atoms with Gasteiger partial charge in [0.25, 0.3) is 5.78 Å². The van der Waals surface area contributed by atoms with Crippen molar-refractivity contribution in [3.05, 3.63) is 54.4 Å². The van der Waals surface area contributed by atoms with Crippen LogP contribution in [0.25, 0.3) is 5.78 Å². The molecule has 1 aromatic carbocycles. The Hall–Kier alpha value is -2.41. The second-order valence-corrected chi connectivity index (χ2v) is 6.91. The minimum atomic E-state index is 0.00835. The van der Waals surface area contributed by atoms with Crippen LogP contribution in [0, 0.1) is 0 Å². The van der Waals surface area contributed by atoms with Gasteiger partial charge in [0.15, 0.2) is 0 Å². The molecule has 1 fully saturated rings. The van der Waals surface area contributed by atoms with Crippen molar-refractivity contribution in [2.45, 2.75) is 23.4 Å². The van der Waals surface area contributed by atoms with E-state index in [4.69, 9.17) is 0 Å². The van der Waals surface area contributed by atoms with Crippen LogP contribution in [-0.2, 0) is 10.2 Å². The third-order valence-electron chi connectivity index (χ3n) is 4.29. The van der Waals surface area contributed by atoms with Gasteiger partial charge in [-0.05, 0) is 24.5 Å². The number of carbonyl (C=O) groups excluding carboxylic acids is 1. The second kappa shape index (κ2) is 6.24. The van der Waals surface area contributed by atoms with Gasteiger partial charge < -0.3 is 5.32 Å². The van der Waals surface area contributed by atoms with Crippen molar-refractivity contribution >= 4 is 23.4 Å². The van der Waals surface area contributed by atoms with Gasteiger partial charge in [-0.2, -0.15) is 4.98 Å². The van der Waals surface area contributed by atoms with Crippen LogP contribution in [0.2, 0.25) is 0 Å². The number of hydrogen-bond donors (Lipinski definition) is 1. The minimum Gasteiger partial charge on any atom is -0.354 e. The number of fused-ring (bicyclic) bond motifs is 1. The molecule has 2 heterocycles. The average molecular weight is 339 g/mol. The number of amides is 1. The van der Waals surface area contributed by atoms with Gasteiger partial charge in [0, 0.05) is 24.4 Å². The molecule has 0 bridgehead atoms. The Labute approximate surface area is 143 Å². The molecule has 1 aliphatic carbocycles. The van der Waals surface area contributed by atoms with Gasteiger partial charge in [-0.1, -0.05) is 42.1 Å². The van der Waals surface area contributed by atoms with Crippen LogP contribution in [0.1, 0.15) is 18.4 Å². The standard InChI is InChI=1S/C17H17N5OS/c23-14(11-24-16-20-15-18-9-4-10-22(15)21-16)19-12-17(7-8-17)13-5-2-1-3-6-13/h1-6,9-10H,7-8,11-12H2,(H,19,23). The molecule has 0 unspecified atom stereocenters. The normalized spacial score (nSPS) is 15.3. The van der Waals surface area contributed by atoms with E-state index in [9.17, 15) is 4.79 Å². The molecule has 0 atom stereocenters. The van der Waals surface area contributed by atoms with Gasteiger partial charge in [-0.3, -0.25) is 4.79 Å². The summed E-state index contributed by atoms with van der Waals surface area (Å²) in [5.74, 6) is 0.859. The lowest BCUT2D eigenvalue weighted by Crippen LogP contribution is -2.33. The summed E-state index contributed by atoms with van der Waals surface area (Å²) in [4.78, 5) is 20.5. The first-order chi connectivity index (χ1) is 11.8. The molecule has 1 N–H and O–H groups in total. The van der Waals surface area contributed by atoms with Crippen LogP contribution in [0.3, 0.4) is 0 Å². The summed E-state index contributed by atoms with van der Waals surface area (Å²) < 4.78 is 1.61. The first-order valence-corrected chi connectivity index (χ1v) is 8.86. The number of nitrogens with zero attached hydrogens (tertiary/aromatic N) is 4. The molecular formula is C17H17N5OS. The van der Waals surface area contributed by atoms with Crippen LogP contribution >= 0.6 is 11.8 Å². The number of hydrogen-bond acceptors (Lipinski definition) is 5. The van der Waals surface area contributed by atoms with Crippen LogP contribution in [0.5, 0.6) is 0 Å². The molecule has 1 amide bonds.